The highest BCUT2D eigenvalue weighted by molar-refractivity contribution is 7.80. The minimum Gasteiger partial charge on any atom is -0.497 e. The molecule has 0 fully saturated rings. The van der Waals surface area contributed by atoms with Crippen LogP contribution in [0.25, 0.3) is 0 Å². The van der Waals surface area contributed by atoms with Crippen LogP contribution >= 0.6 is 12.2 Å². The van der Waals surface area contributed by atoms with Gasteiger partial charge in [-0.25, -0.2) is 9.59 Å². The number of anilines is 1. The first-order chi connectivity index (χ1) is 17.9. The van der Waals surface area contributed by atoms with Gasteiger partial charge in [-0.15, -0.1) is 0 Å². The maximum Gasteiger partial charge on any atom is 0.414 e. The molecule has 0 saturated heterocycles. The Hall–Kier alpha value is -3.39. The van der Waals surface area contributed by atoms with Crippen LogP contribution in [0.3, 0.4) is 0 Å². The third kappa shape index (κ3) is 8.31. The summed E-state index contributed by atoms with van der Waals surface area (Å²) in [5.74, 6) is -0.0866. The lowest BCUT2D eigenvalue weighted by Gasteiger charge is -2.26. The number of rotatable bonds is 11. The first-order valence-corrected chi connectivity index (χ1v) is 12.1. The number of carbonyl (C=O) groups excluding carboxylic acids is 2. The molecule has 0 aliphatic heterocycles. The first-order valence-electron chi connectivity index (χ1n) is 11.7. The lowest BCUT2D eigenvalue weighted by atomic mass is 10.2. The monoisotopic (exact) mass is 560 g/mol. The fourth-order valence-corrected chi connectivity index (χ4v) is 3.63. The van der Waals surface area contributed by atoms with Gasteiger partial charge in [0.05, 0.1) is 44.9 Å². The van der Waals surface area contributed by atoms with Gasteiger partial charge in [0.15, 0.2) is 16.9 Å². The van der Waals surface area contributed by atoms with Crippen molar-refractivity contribution in [2.24, 2.45) is 0 Å². The number of nitrogens with zero attached hydrogens (tertiary/aromatic N) is 3. The molecule has 10 nitrogen and oxygen atoms in total. The van der Waals surface area contributed by atoms with Crippen LogP contribution in [-0.2, 0) is 20.8 Å². The molecule has 1 N–H and O–H groups in total. The number of methoxy groups -OCH3 is 1. The number of alkyl halides is 3. The molecule has 38 heavy (non-hydrogen) atoms. The third-order valence-electron chi connectivity index (χ3n) is 5.20. The molecule has 2 aromatic rings. The van der Waals surface area contributed by atoms with E-state index in [1.165, 1.54) is 16.7 Å². The van der Waals surface area contributed by atoms with Gasteiger partial charge in [0.25, 0.3) is 0 Å². The van der Waals surface area contributed by atoms with Crippen molar-refractivity contribution in [3.63, 3.8) is 0 Å². The quantitative estimate of drug-likeness (QED) is 0.319. The van der Waals surface area contributed by atoms with Crippen molar-refractivity contribution >= 4 is 35.1 Å². The lowest BCUT2D eigenvalue weighted by molar-refractivity contribution is -0.213. The molecule has 1 amide bonds. The van der Waals surface area contributed by atoms with Crippen molar-refractivity contribution < 1.29 is 41.7 Å². The highest BCUT2D eigenvalue weighted by atomic mass is 32.1. The second-order valence-electron chi connectivity index (χ2n) is 7.87. The number of amides is 1. The van der Waals surface area contributed by atoms with Crippen LogP contribution in [0.1, 0.15) is 42.5 Å². The number of aromatic nitrogens is 2. The van der Waals surface area contributed by atoms with Gasteiger partial charge in [0.1, 0.15) is 5.75 Å². The zero-order chi connectivity index (χ0) is 28.5. The van der Waals surface area contributed by atoms with E-state index in [2.05, 4.69) is 10.4 Å². The summed E-state index contributed by atoms with van der Waals surface area (Å²) in [6.07, 6.45) is -7.48. The number of halogens is 3. The predicted molar refractivity (Wildman–Crippen MR) is 137 cm³/mol. The van der Waals surface area contributed by atoms with Crippen LogP contribution in [0, 0.1) is 6.92 Å². The molecular formula is C24H31F3N4O6S. The normalized spacial score (nSPS) is 12.0. The zero-order valence-corrected chi connectivity index (χ0v) is 22.6. The molecule has 0 spiro atoms. The van der Waals surface area contributed by atoms with E-state index in [-0.39, 0.29) is 42.8 Å². The molecule has 1 unspecified atom stereocenters. The number of hydrogen-bond donors (Lipinski definition) is 1. The van der Waals surface area contributed by atoms with Crippen molar-refractivity contribution in [3.8, 4) is 5.75 Å². The van der Waals surface area contributed by atoms with Crippen molar-refractivity contribution in [2.45, 2.75) is 46.5 Å². The highest BCUT2D eigenvalue weighted by Gasteiger charge is 2.37. The number of esters is 1. The topological polar surface area (TPSA) is 104 Å². The highest BCUT2D eigenvalue weighted by Crippen LogP contribution is 2.28. The molecule has 0 saturated carbocycles. The Morgan fingerprint density at radius 2 is 1.79 bits per heavy atom. The van der Waals surface area contributed by atoms with Crippen LogP contribution in [0.2, 0.25) is 0 Å². The van der Waals surface area contributed by atoms with Gasteiger partial charge in [-0.3, -0.25) is 10.00 Å². The van der Waals surface area contributed by atoms with E-state index in [4.69, 9.17) is 31.2 Å². The molecule has 210 valence electrons. The van der Waals surface area contributed by atoms with E-state index in [0.29, 0.717) is 11.4 Å². The van der Waals surface area contributed by atoms with Gasteiger partial charge in [-0.1, -0.05) is 12.1 Å². The molecular weight excluding hydrogens is 529 g/mol. The number of aryl methyl sites for hydroxylation is 1. The number of alkyl carbamates (subject to hydrolysis) is 1. The SMILES string of the molecule is CCOC(=O)NC(=S)N(CCOC(C)C(F)(F)F)c1c(C)nn(Cc2ccc(OC)cc2)c1C(=O)OCC. The zero-order valence-electron chi connectivity index (χ0n) is 21.8. The third-order valence-corrected chi connectivity index (χ3v) is 5.52. The van der Waals surface area contributed by atoms with Crippen molar-refractivity contribution in [2.75, 3.05) is 38.4 Å². The van der Waals surface area contributed by atoms with Crippen molar-refractivity contribution in [3.05, 3.63) is 41.2 Å². The standard InChI is InChI=1S/C24H31F3N4O6S/c1-6-35-21(32)20-19(15(3)29-31(20)14-17-8-10-18(34-5)11-9-17)30(22(38)28-23(33)36-7-2)12-13-37-16(4)24(25,26)27/h8-11,16H,6-7,12-14H2,1-5H3,(H,28,33,38). The molecule has 0 aliphatic rings. The van der Waals surface area contributed by atoms with E-state index in [1.807, 2.05) is 0 Å². The minimum atomic E-state index is -4.57. The van der Waals surface area contributed by atoms with E-state index < -0.39 is 30.9 Å². The van der Waals surface area contributed by atoms with Gasteiger partial charge < -0.3 is 23.8 Å². The Morgan fingerprint density at radius 1 is 1.16 bits per heavy atom. The number of benzene rings is 1. The summed E-state index contributed by atoms with van der Waals surface area (Å²) in [5, 5.41) is 6.61. The summed E-state index contributed by atoms with van der Waals surface area (Å²) < 4.78 is 60.6. The van der Waals surface area contributed by atoms with Crippen molar-refractivity contribution in [1.29, 1.82) is 0 Å². The lowest BCUT2D eigenvalue weighted by Crippen LogP contribution is -2.46. The second-order valence-corrected chi connectivity index (χ2v) is 8.25. The van der Waals surface area contributed by atoms with Crippen LogP contribution < -0.4 is 15.0 Å². The number of hydrogen-bond acceptors (Lipinski definition) is 8. The number of thiocarbonyl (C=S) groups is 1. The van der Waals surface area contributed by atoms with Gasteiger partial charge in [0, 0.05) is 6.54 Å². The van der Waals surface area contributed by atoms with Crippen LogP contribution in [0.4, 0.5) is 23.7 Å². The Labute approximate surface area is 224 Å². The molecule has 14 heteroatoms. The largest absolute Gasteiger partial charge is 0.497 e. The van der Waals surface area contributed by atoms with Gasteiger partial charge in [-0.05, 0) is 57.6 Å². The Kier molecular flexibility index (Phi) is 11.3. The van der Waals surface area contributed by atoms with Gasteiger partial charge in [-0.2, -0.15) is 18.3 Å². The number of carbonyl (C=O) groups is 2. The van der Waals surface area contributed by atoms with Crippen molar-refractivity contribution in [1.82, 2.24) is 15.1 Å². The van der Waals surface area contributed by atoms with Crippen LogP contribution in [0.5, 0.6) is 5.75 Å². The Balaban J connectivity index is 2.50. The van der Waals surface area contributed by atoms with Gasteiger partial charge in [0.2, 0.25) is 0 Å². The molecule has 1 aromatic carbocycles. The first kappa shape index (κ1) is 30.8. The smallest absolute Gasteiger partial charge is 0.414 e. The van der Waals surface area contributed by atoms with Gasteiger partial charge >= 0.3 is 18.2 Å². The second kappa shape index (κ2) is 14.0. The van der Waals surface area contributed by atoms with E-state index in [0.717, 1.165) is 12.5 Å². The maximum absolute atomic E-state index is 13.1. The van der Waals surface area contributed by atoms with E-state index in [1.54, 1.807) is 45.0 Å². The fraction of sp³-hybridized carbons (Fsp3) is 0.500. The number of ether oxygens (including phenoxy) is 4. The van der Waals surface area contributed by atoms with Crippen LogP contribution in [-0.4, -0.2) is 72.7 Å². The summed E-state index contributed by atoms with van der Waals surface area (Å²) in [4.78, 5) is 26.4. The van der Waals surface area contributed by atoms with E-state index in [9.17, 15) is 22.8 Å². The maximum atomic E-state index is 13.1. The molecule has 2 rings (SSSR count). The molecule has 1 atom stereocenters. The summed E-state index contributed by atoms with van der Waals surface area (Å²) in [7, 11) is 1.54. The molecule has 0 radical (unpaired) electrons. The summed E-state index contributed by atoms with van der Waals surface area (Å²) in [5.41, 5.74) is 1.25. The summed E-state index contributed by atoms with van der Waals surface area (Å²) in [6, 6.07) is 7.09. The Morgan fingerprint density at radius 3 is 2.34 bits per heavy atom. The average Bonchev–Trinajstić information content (AvgIpc) is 3.16. The molecule has 1 aromatic heterocycles. The minimum absolute atomic E-state index is 0.00273. The molecule has 0 bridgehead atoms. The Bertz CT molecular complexity index is 1110. The predicted octanol–water partition coefficient (Wildman–Crippen LogP) is 4.23. The average molecular weight is 561 g/mol. The number of nitrogens with one attached hydrogen (secondary N) is 1. The summed E-state index contributed by atoms with van der Waals surface area (Å²) in [6.45, 7) is 5.31. The van der Waals surface area contributed by atoms with Crippen LogP contribution in [0.15, 0.2) is 24.3 Å². The summed E-state index contributed by atoms with van der Waals surface area (Å²) >= 11 is 5.37. The van der Waals surface area contributed by atoms with E-state index >= 15 is 0 Å². The molecule has 1 heterocycles. The molecule has 0 aliphatic carbocycles. The fourth-order valence-electron chi connectivity index (χ4n) is 3.37.